The summed E-state index contributed by atoms with van der Waals surface area (Å²) in [5.74, 6) is 1.06. The van der Waals surface area contributed by atoms with Crippen LogP contribution in [0.15, 0.2) is 29.4 Å². The van der Waals surface area contributed by atoms with Crippen LogP contribution >= 0.6 is 23.4 Å². The van der Waals surface area contributed by atoms with Crippen LogP contribution in [-0.4, -0.2) is 58.0 Å². The van der Waals surface area contributed by atoms with Crippen LogP contribution in [-0.2, 0) is 20.9 Å². The molecule has 0 unspecified atom stereocenters. The quantitative estimate of drug-likeness (QED) is 0.245. The molecule has 30 heavy (non-hydrogen) atoms. The van der Waals surface area contributed by atoms with Gasteiger partial charge in [0.05, 0.1) is 47.6 Å². The highest BCUT2D eigenvalue weighted by molar-refractivity contribution is 7.99. The largest absolute Gasteiger partial charge is 0.462 e. The van der Waals surface area contributed by atoms with E-state index >= 15 is 0 Å². The van der Waals surface area contributed by atoms with Crippen molar-refractivity contribution in [2.75, 3.05) is 32.7 Å². The minimum atomic E-state index is -0.427. The highest BCUT2D eigenvalue weighted by Gasteiger charge is 2.18. The van der Waals surface area contributed by atoms with Gasteiger partial charge in [0.1, 0.15) is 6.73 Å². The number of carbonyl (C=O) groups excluding carboxylic acids is 1. The van der Waals surface area contributed by atoms with Crippen LogP contribution in [0.25, 0.3) is 17.0 Å². The van der Waals surface area contributed by atoms with E-state index in [4.69, 9.17) is 25.8 Å². The number of halogens is 1. The summed E-state index contributed by atoms with van der Waals surface area (Å²) in [6, 6.07) is 3.86. The Bertz CT molecular complexity index is 1000. The third-order valence-electron chi connectivity index (χ3n) is 4.19. The Labute approximate surface area is 184 Å². The van der Waals surface area contributed by atoms with Gasteiger partial charge in [-0.05, 0) is 31.2 Å². The Balaban J connectivity index is 2.02. The van der Waals surface area contributed by atoms with Crippen LogP contribution in [0.1, 0.15) is 30.6 Å². The molecule has 2 heterocycles. The van der Waals surface area contributed by atoms with Crippen molar-refractivity contribution in [3.05, 3.63) is 35.1 Å². The normalized spacial score (nSPS) is 11.3. The number of hydrogen-bond acceptors (Lipinski definition) is 7. The van der Waals surface area contributed by atoms with Gasteiger partial charge < -0.3 is 14.2 Å². The number of esters is 1. The summed E-state index contributed by atoms with van der Waals surface area (Å²) in [6.07, 6.45) is 4.11. The molecule has 3 rings (SSSR count). The molecular weight excluding hydrogens is 428 g/mol. The first-order chi connectivity index (χ1) is 14.6. The summed E-state index contributed by atoms with van der Waals surface area (Å²) in [4.78, 5) is 17.7. The second kappa shape index (κ2) is 10.8. The standard InChI is InChI=1S/C20H25ClN4O4S/c1-4-8-30-18-10-17-16(9-15(18)21)23-20(24(17)13-28-7-6-27-3)25-12-14(11-22-25)19(26)29-5-2/h9-12H,4-8,13H2,1-3H3. The fraction of sp³-hybridized carbons (Fsp3) is 0.450. The number of aromatic nitrogens is 4. The first-order valence-corrected chi connectivity index (χ1v) is 11.1. The van der Waals surface area contributed by atoms with Gasteiger partial charge in [-0.15, -0.1) is 11.8 Å². The van der Waals surface area contributed by atoms with E-state index in [9.17, 15) is 4.79 Å². The molecule has 1 aromatic carbocycles. The SMILES string of the molecule is CCCSc1cc2c(cc1Cl)nc(-n1cc(C(=O)OCC)cn1)n2COCCOC. The predicted octanol–water partition coefficient (Wildman–Crippen LogP) is 4.17. The third kappa shape index (κ3) is 5.15. The first-order valence-electron chi connectivity index (χ1n) is 9.70. The summed E-state index contributed by atoms with van der Waals surface area (Å²) >= 11 is 8.17. The van der Waals surface area contributed by atoms with Gasteiger partial charge in [0, 0.05) is 18.2 Å². The number of rotatable bonds is 11. The number of nitrogens with zero attached hydrogens (tertiary/aromatic N) is 4. The second-order valence-electron chi connectivity index (χ2n) is 6.38. The Morgan fingerprint density at radius 1 is 1.27 bits per heavy atom. The number of benzene rings is 1. The molecule has 0 saturated heterocycles. The molecule has 0 fully saturated rings. The maximum absolute atomic E-state index is 12.0. The highest BCUT2D eigenvalue weighted by atomic mass is 35.5. The van der Waals surface area contributed by atoms with Gasteiger partial charge in [0.25, 0.3) is 0 Å². The van der Waals surface area contributed by atoms with Crippen LogP contribution in [0.2, 0.25) is 5.02 Å². The maximum atomic E-state index is 12.0. The average Bonchev–Trinajstić information content (AvgIpc) is 3.34. The van der Waals surface area contributed by atoms with E-state index in [0.29, 0.717) is 36.4 Å². The van der Waals surface area contributed by atoms with Crippen molar-refractivity contribution in [3.8, 4) is 5.95 Å². The van der Waals surface area contributed by atoms with Crippen molar-refractivity contribution in [2.45, 2.75) is 31.9 Å². The molecule has 0 atom stereocenters. The summed E-state index contributed by atoms with van der Waals surface area (Å²) in [6.45, 7) is 5.37. The maximum Gasteiger partial charge on any atom is 0.341 e. The number of ether oxygens (including phenoxy) is 3. The van der Waals surface area contributed by atoms with Crippen molar-refractivity contribution in [2.24, 2.45) is 0 Å². The lowest BCUT2D eigenvalue weighted by atomic mass is 10.3. The minimum absolute atomic E-state index is 0.253. The van der Waals surface area contributed by atoms with E-state index in [1.54, 1.807) is 36.7 Å². The van der Waals surface area contributed by atoms with E-state index in [0.717, 1.165) is 28.1 Å². The van der Waals surface area contributed by atoms with Gasteiger partial charge in [0.15, 0.2) is 0 Å². The van der Waals surface area contributed by atoms with Crippen LogP contribution in [0, 0.1) is 0 Å². The lowest BCUT2D eigenvalue weighted by Gasteiger charge is -2.10. The van der Waals surface area contributed by atoms with Crippen molar-refractivity contribution in [3.63, 3.8) is 0 Å². The number of thioether (sulfide) groups is 1. The molecule has 162 valence electrons. The zero-order chi connectivity index (χ0) is 21.5. The molecular formula is C20H25ClN4O4S. The van der Waals surface area contributed by atoms with Gasteiger partial charge in [-0.2, -0.15) is 5.10 Å². The van der Waals surface area contributed by atoms with Gasteiger partial charge >= 0.3 is 5.97 Å². The fourth-order valence-corrected chi connectivity index (χ4v) is 3.93. The zero-order valence-corrected chi connectivity index (χ0v) is 18.8. The van der Waals surface area contributed by atoms with Crippen molar-refractivity contribution in [1.29, 1.82) is 0 Å². The van der Waals surface area contributed by atoms with Gasteiger partial charge in [0.2, 0.25) is 5.95 Å². The Morgan fingerprint density at radius 3 is 2.83 bits per heavy atom. The number of methoxy groups -OCH3 is 1. The van der Waals surface area contributed by atoms with Crippen LogP contribution in [0.4, 0.5) is 0 Å². The molecule has 0 radical (unpaired) electrons. The highest BCUT2D eigenvalue weighted by Crippen LogP contribution is 2.33. The Morgan fingerprint density at radius 2 is 2.10 bits per heavy atom. The molecule has 10 heteroatoms. The number of fused-ring (bicyclic) bond motifs is 1. The average molecular weight is 453 g/mol. The van der Waals surface area contributed by atoms with E-state index in [2.05, 4.69) is 17.0 Å². The third-order valence-corrected chi connectivity index (χ3v) is 5.88. The molecule has 0 saturated carbocycles. The summed E-state index contributed by atoms with van der Waals surface area (Å²) < 4.78 is 19.3. The van der Waals surface area contributed by atoms with Crippen LogP contribution < -0.4 is 0 Å². The monoisotopic (exact) mass is 452 g/mol. The smallest absolute Gasteiger partial charge is 0.341 e. The van der Waals surface area contributed by atoms with Crippen LogP contribution in [0.5, 0.6) is 0 Å². The number of hydrogen-bond donors (Lipinski definition) is 0. The van der Waals surface area contributed by atoms with E-state index < -0.39 is 5.97 Å². The van der Waals surface area contributed by atoms with Gasteiger partial charge in [-0.1, -0.05) is 18.5 Å². The summed E-state index contributed by atoms with van der Waals surface area (Å²) in [7, 11) is 1.63. The fourth-order valence-electron chi connectivity index (χ4n) is 2.79. The Hall–Kier alpha value is -2.07. The van der Waals surface area contributed by atoms with Crippen molar-refractivity contribution in [1.82, 2.24) is 19.3 Å². The lowest BCUT2D eigenvalue weighted by Crippen LogP contribution is -2.12. The molecule has 8 nitrogen and oxygen atoms in total. The van der Waals surface area contributed by atoms with Crippen molar-refractivity contribution >= 4 is 40.4 Å². The minimum Gasteiger partial charge on any atom is -0.462 e. The van der Waals surface area contributed by atoms with Crippen molar-refractivity contribution < 1.29 is 19.0 Å². The first kappa shape index (κ1) is 22.6. The topological polar surface area (TPSA) is 80.4 Å². The predicted molar refractivity (Wildman–Crippen MR) is 117 cm³/mol. The molecule has 3 aromatic rings. The van der Waals surface area contributed by atoms with E-state index in [1.807, 2.05) is 16.7 Å². The molecule has 0 aliphatic heterocycles. The molecule has 0 aliphatic rings. The molecule has 0 bridgehead atoms. The van der Waals surface area contributed by atoms with E-state index in [-0.39, 0.29) is 6.73 Å². The molecule has 0 aliphatic carbocycles. The van der Waals surface area contributed by atoms with Gasteiger partial charge in [-0.25, -0.2) is 14.5 Å². The summed E-state index contributed by atoms with van der Waals surface area (Å²) in [5, 5.41) is 4.96. The van der Waals surface area contributed by atoms with Gasteiger partial charge in [-0.3, -0.25) is 4.57 Å². The number of imidazole rings is 1. The molecule has 0 N–H and O–H groups in total. The second-order valence-corrected chi connectivity index (χ2v) is 7.93. The Kier molecular flexibility index (Phi) is 8.15. The zero-order valence-electron chi connectivity index (χ0n) is 17.3. The molecule has 0 amide bonds. The number of carbonyl (C=O) groups is 1. The molecule has 2 aromatic heterocycles. The summed E-state index contributed by atoms with van der Waals surface area (Å²) in [5.41, 5.74) is 1.95. The van der Waals surface area contributed by atoms with Crippen LogP contribution in [0.3, 0.4) is 0 Å². The lowest BCUT2D eigenvalue weighted by molar-refractivity contribution is 0.0356. The van der Waals surface area contributed by atoms with E-state index in [1.165, 1.54) is 6.20 Å². The molecule has 0 spiro atoms.